The van der Waals surface area contributed by atoms with Crippen LogP contribution in [-0.4, -0.2) is 62.4 Å². The van der Waals surface area contributed by atoms with E-state index in [1.165, 1.54) is 11.9 Å². The Morgan fingerprint density at radius 2 is 2.10 bits per heavy atom. The highest BCUT2D eigenvalue weighted by atomic mass is 16.4. The number of hydrogen-bond acceptors (Lipinski definition) is 5. The standard InChI is InChI=1S/C11H17N5O4/c1-7(2)12-9(17)5-15(3)10(18)6-16-4-8(11(19)20)13-14-16/h4,7H,5-6H2,1-3H3,(H,12,17)(H,19,20). The predicted octanol–water partition coefficient (Wildman–Crippen LogP) is -1.04. The fraction of sp³-hybridized carbons (Fsp3) is 0.545. The van der Waals surface area contributed by atoms with E-state index in [-0.39, 0.29) is 36.6 Å². The molecule has 1 aromatic heterocycles. The first-order valence-electron chi connectivity index (χ1n) is 5.96. The third-order valence-corrected chi connectivity index (χ3v) is 2.31. The Morgan fingerprint density at radius 3 is 2.60 bits per heavy atom. The zero-order chi connectivity index (χ0) is 15.3. The summed E-state index contributed by atoms with van der Waals surface area (Å²) < 4.78 is 1.11. The molecular formula is C11H17N5O4. The normalized spacial score (nSPS) is 10.4. The van der Waals surface area contributed by atoms with Crippen LogP contribution in [0.1, 0.15) is 24.3 Å². The molecule has 0 spiro atoms. The Morgan fingerprint density at radius 1 is 1.45 bits per heavy atom. The summed E-state index contributed by atoms with van der Waals surface area (Å²) in [5, 5.41) is 18.3. The number of carbonyl (C=O) groups excluding carboxylic acids is 2. The third kappa shape index (κ3) is 4.67. The second-order valence-corrected chi connectivity index (χ2v) is 4.58. The maximum absolute atomic E-state index is 11.8. The van der Waals surface area contributed by atoms with E-state index in [0.717, 1.165) is 10.9 Å². The van der Waals surface area contributed by atoms with Crippen LogP contribution in [0.15, 0.2) is 6.20 Å². The van der Waals surface area contributed by atoms with Crippen molar-refractivity contribution in [1.82, 2.24) is 25.2 Å². The quantitative estimate of drug-likeness (QED) is 0.688. The van der Waals surface area contributed by atoms with E-state index in [2.05, 4.69) is 15.6 Å². The van der Waals surface area contributed by atoms with Crippen LogP contribution in [0.3, 0.4) is 0 Å². The lowest BCUT2D eigenvalue weighted by atomic mass is 10.3. The van der Waals surface area contributed by atoms with Gasteiger partial charge in [0.15, 0.2) is 5.69 Å². The average Bonchev–Trinajstić information content (AvgIpc) is 2.76. The van der Waals surface area contributed by atoms with Crippen molar-refractivity contribution in [2.45, 2.75) is 26.4 Å². The summed E-state index contributed by atoms with van der Waals surface area (Å²) in [6.45, 7) is 3.40. The van der Waals surface area contributed by atoms with Gasteiger partial charge < -0.3 is 15.3 Å². The number of amides is 2. The molecule has 0 bridgehead atoms. The van der Waals surface area contributed by atoms with Crippen molar-refractivity contribution in [2.24, 2.45) is 0 Å². The van der Waals surface area contributed by atoms with Crippen LogP contribution in [0.4, 0.5) is 0 Å². The number of nitrogens with one attached hydrogen (secondary N) is 1. The molecule has 2 N–H and O–H groups in total. The first-order valence-corrected chi connectivity index (χ1v) is 5.96. The second kappa shape index (κ2) is 6.64. The molecule has 1 heterocycles. The largest absolute Gasteiger partial charge is 0.476 e. The molecule has 0 aliphatic rings. The zero-order valence-electron chi connectivity index (χ0n) is 11.5. The lowest BCUT2D eigenvalue weighted by Crippen LogP contribution is -2.41. The van der Waals surface area contributed by atoms with E-state index in [4.69, 9.17) is 5.11 Å². The van der Waals surface area contributed by atoms with Gasteiger partial charge >= 0.3 is 5.97 Å². The highest BCUT2D eigenvalue weighted by molar-refractivity contribution is 5.85. The summed E-state index contributed by atoms with van der Waals surface area (Å²) in [5.74, 6) is -1.85. The minimum absolute atomic E-state index is 0.000516. The van der Waals surface area contributed by atoms with Crippen LogP contribution in [0.2, 0.25) is 0 Å². The minimum Gasteiger partial charge on any atom is -0.476 e. The van der Waals surface area contributed by atoms with Crippen LogP contribution >= 0.6 is 0 Å². The van der Waals surface area contributed by atoms with Gasteiger partial charge in [0.1, 0.15) is 6.54 Å². The molecule has 0 aliphatic heterocycles. The summed E-state index contributed by atoms with van der Waals surface area (Å²) >= 11 is 0. The number of carboxylic acid groups (broad SMARTS) is 1. The summed E-state index contributed by atoms with van der Waals surface area (Å²) in [7, 11) is 1.48. The highest BCUT2D eigenvalue weighted by Crippen LogP contribution is 1.95. The first-order chi connectivity index (χ1) is 9.29. The fourth-order valence-corrected chi connectivity index (χ4v) is 1.40. The van der Waals surface area contributed by atoms with Gasteiger partial charge in [-0.05, 0) is 13.8 Å². The van der Waals surface area contributed by atoms with Crippen molar-refractivity contribution in [3.63, 3.8) is 0 Å². The fourth-order valence-electron chi connectivity index (χ4n) is 1.40. The van der Waals surface area contributed by atoms with Gasteiger partial charge in [-0.1, -0.05) is 5.21 Å². The minimum atomic E-state index is -1.21. The Hall–Kier alpha value is -2.45. The molecule has 0 radical (unpaired) electrons. The van der Waals surface area contributed by atoms with E-state index >= 15 is 0 Å². The van der Waals surface area contributed by atoms with E-state index in [9.17, 15) is 14.4 Å². The van der Waals surface area contributed by atoms with E-state index in [1.54, 1.807) is 0 Å². The van der Waals surface area contributed by atoms with Crippen molar-refractivity contribution >= 4 is 17.8 Å². The van der Waals surface area contributed by atoms with Crippen LogP contribution in [-0.2, 0) is 16.1 Å². The Labute approximate surface area is 115 Å². The van der Waals surface area contributed by atoms with Gasteiger partial charge in [0.25, 0.3) is 0 Å². The van der Waals surface area contributed by atoms with E-state index in [0.29, 0.717) is 0 Å². The lowest BCUT2D eigenvalue weighted by Gasteiger charge is -2.17. The number of carbonyl (C=O) groups is 3. The number of aromatic carboxylic acids is 1. The molecule has 2 amide bonds. The smallest absolute Gasteiger partial charge is 0.358 e. The second-order valence-electron chi connectivity index (χ2n) is 4.58. The van der Waals surface area contributed by atoms with Crippen LogP contribution in [0, 0.1) is 0 Å². The topological polar surface area (TPSA) is 117 Å². The predicted molar refractivity (Wildman–Crippen MR) is 67.9 cm³/mol. The molecule has 9 heteroatoms. The summed E-state index contributed by atoms with van der Waals surface area (Å²) in [6.07, 6.45) is 1.16. The molecule has 0 atom stereocenters. The number of rotatable bonds is 6. The molecule has 9 nitrogen and oxygen atoms in total. The van der Waals surface area contributed by atoms with Gasteiger partial charge in [0, 0.05) is 13.1 Å². The Bertz CT molecular complexity index is 511. The molecule has 110 valence electrons. The van der Waals surface area contributed by atoms with Crippen molar-refractivity contribution in [3.8, 4) is 0 Å². The molecule has 0 aliphatic carbocycles. The summed E-state index contributed by atoms with van der Waals surface area (Å²) in [4.78, 5) is 35.2. The van der Waals surface area contributed by atoms with Gasteiger partial charge in [0.05, 0.1) is 12.7 Å². The summed E-state index contributed by atoms with van der Waals surface area (Å²) in [5.41, 5.74) is -0.238. The Kier molecular flexibility index (Phi) is 5.18. The van der Waals surface area contributed by atoms with Crippen molar-refractivity contribution < 1.29 is 19.5 Å². The number of hydrogen-bond donors (Lipinski definition) is 2. The van der Waals surface area contributed by atoms with Crippen molar-refractivity contribution in [1.29, 1.82) is 0 Å². The molecule has 0 saturated carbocycles. The van der Waals surface area contributed by atoms with Gasteiger partial charge in [-0.3, -0.25) is 9.59 Å². The monoisotopic (exact) mass is 283 g/mol. The molecule has 0 aromatic carbocycles. The highest BCUT2D eigenvalue weighted by Gasteiger charge is 2.16. The molecule has 0 unspecified atom stereocenters. The van der Waals surface area contributed by atoms with Gasteiger partial charge in [-0.15, -0.1) is 5.10 Å². The van der Waals surface area contributed by atoms with Crippen molar-refractivity contribution in [2.75, 3.05) is 13.6 Å². The number of carboxylic acids is 1. The molecule has 1 aromatic rings. The maximum atomic E-state index is 11.8. The molecule has 0 saturated heterocycles. The van der Waals surface area contributed by atoms with Crippen molar-refractivity contribution in [3.05, 3.63) is 11.9 Å². The number of likely N-dealkylation sites (N-methyl/N-ethyl adjacent to an activating group) is 1. The molecule has 0 fully saturated rings. The zero-order valence-corrected chi connectivity index (χ0v) is 11.5. The van der Waals surface area contributed by atoms with Crippen LogP contribution in [0.25, 0.3) is 0 Å². The summed E-state index contributed by atoms with van der Waals surface area (Å²) in [6, 6.07) is -0.000516. The Balaban J connectivity index is 2.52. The van der Waals surface area contributed by atoms with Gasteiger partial charge in [-0.25, -0.2) is 9.48 Å². The molecule has 1 rings (SSSR count). The van der Waals surface area contributed by atoms with Gasteiger partial charge in [-0.2, -0.15) is 0 Å². The van der Waals surface area contributed by atoms with Crippen LogP contribution in [0.5, 0.6) is 0 Å². The number of aromatic nitrogens is 3. The average molecular weight is 283 g/mol. The number of nitrogens with zero attached hydrogens (tertiary/aromatic N) is 4. The molecule has 20 heavy (non-hydrogen) atoms. The SMILES string of the molecule is CC(C)NC(=O)CN(C)C(=O)Cn1cc(C(=O)O)nn1. The third-order valence-electron chi connectivity index (χ3n) is 2.31. The maximum Gasteiger partial charge on any atom is 0.358 e. The first kappa shape index (κ1) is 15.6. The van der Waals surface area contributed by atoms with Crippen LogP contribution < -0.4 is 5.32 Å². The van der Waals surface area contributed by atoms with Gasteiger partial charge in [0.2, 0.25) is 11.8 Å². The van der Waals surface area contributed by atoms with E-state index < -0.39 is 5.97 Å². The molecular weight excluding hydrogens is 266 g/mol. The lowest BCUT2D eigenvalue weighted by molar-refractivity contribution is -0.135. The van der Waals surface area contributed by atoms with E-state index in [1.807, 2.05) is 13.8 Å².